The quantitative estimate of drug-likeness (QED) is 0.635. The maximum absolute atomic E-state index is 5.94. The second-order valence-electron chi connectivity index (χ2n) is 5.09. The molecule has 0 heterocycles. The lowest BCUT2D eigenvalue weighted by Crippen LogP contribution is -2.41. The van der Waals surface area contributed by atoms with E-state index in [1.165, 1.54) is 38.5 Å². The van der Waals surface area contributed by atoms with Gasteiger partial charge in [0.2, 0.25) is 0 Å². The van der Waals surface area contributed by atoms with E-state index in [1.54, 1.807) is 0 Å². The van der Waals surface area contributed by atoms with Gasteiger partial charge in [-0.15, -0.1) is 0 Å². The minimum atomic E-state index is -1.00. The Morgan fingerprint density at radius 1 is 0.938 bits per heavy atom. The number of rotatable bonds is 7. The van der Waals surface area contributed by atoms with Gasteiger partial charge in [0.1, 0.15) is 0 Å². The fourth-order valence-electron chi connectivity index (χ4n) is 2.89. The van der Waals surface area contributed by atoms with Crippen LogP contribution in [0.4, 0.5) is 0 Å². The first-order valence-corrected chi connectivity index (χ1v) is 8.38. The normalized spacial score (nSPS) is 22.5. The molecule has 2 fully saturated rings. The molecule has 3 heteroatoms. The topological polar surface area (TPSA) is 18.5 Å². The second kappa shape index (κ2) is 6.17. The molecule has 0 spiro atoms. The molecule has 0 unspecified atom stereocenters. The van der Waals surface area contributed by atoms with E-state index in [-0.39, 0.29) is 0 Å². The van der Waals surface area contributed by atoms with Crippen molar-refractivity contribution < 1.29 is 8.85 Å². The monoisotopic (exact) mass is 241 g/mol. The molecule has 0 N–H and O–H groups in total. The Hall–Kier alpha value is 0.137. The predicted octanol–water partition coefficient (Wildman–Crippen LogP) is 3.52. The molecule has 2 nitrogen and oxygen atoms in total. The molecule has 16 heavy (non-hydrogen) atoms. The molecule has 0 bridgehead atoms. The smallest absolute Gasteiger partial charge is 0.388 e. The van der Waals surface area contributed by atoms with E-state index in [9.17, 15) is 0 Å². The average Bonchev–Trinajstić information content (AvgIpc) is 2.11. The Balaban J connectivity index is 1.95. The van der Waals surface area contributed by atoms with Gasteiger partial charge >= 0.3 is 9.28 Å². The van der Waals surface area contributed by atoms with Gasteiger partial charge in [-0.2, -0.15) is 0 Å². The number of hydrogen-bond donors (Lipinski definition) is 0. The van der Waals surface area contributed by atoms with Crippen molar-refractivity contribution in [2.24, 2.45) is 11.8 Å². The zero-order valence-electron chi connectivity index (χ0n) is 10.7. The third-order valence-electron chi connectivity index (χ3n) is 4.16. The molecule has 0 saturated heterocycles. The first kappa shape index (κ1) is 12.6. The first-order valence-electron chi connectivity index (χ1n) is 6.99. The fraction of sp³-hybridized carbons (Fsp3) is 1.00. The summed E-state index contributed by atoms with van der Waals surface area (Å²) in [6.45, 7) is 5.85. The minimum Gasteiger partial charge on any atom is -0.393 e. The predicted molar refractivity (Wildman–Crippen MR) is 67.4 cm³/mol. The van der Waals surface area contributed by atoms with Gasteiger partial charge in [-0.05, 0) is 25.7 Å². The van der Waals surface area contributed by atoms with E-state index in [1.807, 2.05) is 0 Å². The molecule has 0 aromatic heterocycles. The van der Waals surface area contributed by atoms with Gasteiger partial charge in [0.15, 0.2) is 0 Å². The summed E-state index contributed by atoms with van der Waals surface area (Å²) >= 11 is 0. The van der Waals surface area contributed by atoms with Gasteiger partial charge in [-0.1, -0.05) is 38.5 Å². The molecule has 93 valence electrons. The molecule has 0 amide bonds. The molecule has 0 aromatic carbocycles. The lowest BCUT2D eigenvalue weighted by Gasteiger charge is -2.44. The maximum atomic E-state index is 5.94. The van der Waals surface area contributed by atoms with E-state index >= 15 is 0 Å². The summed E-state index contributed by atoms with van der Waals surface area (Å²) in [5.74, 6) is 1.86. The SMILES string of the molecule is CCO[Si](OCC)C(C1CCC1)C1CCC1. The van der Waals surface area contributed by atoms with E-state index < -0.39 is 9.28 Å². The summed E-state index contributed by atoms with van der Waals surface area (Å²) < 4.78 is 11.9. The largest absolute Gasteiger partial charge is 0.393 e. The van der Waals surface area contributed by atoms with Crippen LogP contribution in [-0.2, 0) is 8.85 Å². The second-order valence-corrected chi connectivity index (χ2v) is 6.97. The molecule has 2 rings (SSSR count). The van der Waals surface area contributed by atoms with Crippen molar-refractivity contribution >= 4 is 9.28 Å². The Morgan fingerprint density at radius 2 is 1.38 bits per heavy atom. The van der Waals surface area contributed by atoms with Crippen molar-refractivity contribution in [3.63, 3.8) is 0 Å². The van der Waals surface area contributed by atoms with Gasteiger partial charge in [-0.25, -0.2) is 0 Å². The number of hydrogen-bond acceptors (Lipinski definition) is 2. The van der Waals surface area contributed by atoms with Crippen molar-refractivity contribution in [2.45, 2.75) is 57.9 Å². The van der Waals surface area contributed by atoms with Crippen LogP contribution in [-0.4, -0.2) is 22.5 Å². The molecule has 1 radical (unpaired) electrons. The Morgan fingerprint density at radius 3 is 1.62 bits per heavy atom. The van der Waals surface area contributed by atoms with E-state index in [0.717, 1.165) is 30.6 Å². The van der Waals surface area contributed by atoms with Crippen LogP contribution in [0.2, 0.25) is 5.54 Å². The van der Waals surface area contributed by atoms with Crippen LogP contribution >= 0.6 is 0 Å². The van der Waals surface area contributed by atoms with E-state index in [0.29, 0.717) is 0 Å². The van der Waals surface area contributed by atoms with Crippen LogP contribution in [0.25, 0.3) is 0 Å². The Labute approximate surface area is 102 Å². The summed E-state index contributed by atoms with van der Waals surface area (Å²) in [6, 6.07) is 0. The zero-order chi connectivity index (χ0) is 11.4. The van der Waals surface area contributed by atoms with Gasteiger partial charge in [0, 0.05) is 18.8 Å². The summed E-state index contributed by atoms with van der Waals surface area (Å²) in [5, 5.41) is 0. The lowest BCUT2D eigenvalue weighted by molar-refractivity contribution is 0.125. The van der Waals surface area contributed by atoms with Gasteiger partial charge in [0.05, 0.1) is 0 Å². The lowest BCUT2D eigenvalue weighted by atomic mass is 9.72. The highest BCUT2D eigenvalue weighted by molar-refractivity contribution is 6.46. The molecule has 2 aliphatic rings. The third kappa shape index (κ3) is 2.69. The van der Waals surface area contributed by atoms with E-state index in [2.05, 4.69) is 13.8 Å². The summed E-state index contributed by atoms with van der Waals surface area (Å²) in [4.78, 5) is 0. The highest BCUT2D eigenvalue weighted by Crippen LogP contribution is 2.49. The minimum absolute atomic E-state index is 0.785. The molecular formula is C13H25O2Si. The molecule has 2 aliphatic carbocycles. The molecule has 2 saturated carbocycles. The van der Waals surface area contributed by atoms with Crippen LogP contribution in [0, 0.1) is 11.8 Å². The summed E-state index contributed by atoms with van der Waals surface area (Å²) in [6.07, 6.45) is 8.57. The van der Waals surface area contributed by atoms with Crippen LogP contribution in [0.3, 0.4) is 0 Å². The third-order valence-corrected chi connectivity index (χ3v) is 6.79. The van der Waals surface area contributed by atoms with Crippen molar-refractivity contribution in [3.8, 4) is 0 Å². The van der Waals surface area contributed by atoms with Gasteiger partial charge in [-0.3, -0.25) is 0 Å². The standard InChI is InChI=1S/C13H25O2Si/c1-3-14-16(15-4-2)13(11-7-5-8-11)12-9-6-10-12/h11-13H,3-10H2,1-2H3. The Bertz CT molecular complexity index is 182. The van der Waals surface area contributed by atoms with Crippen molar-refractivity contribution in [3.05, 3.63) is 0 Å². The Kier molecular flexibility index (Phi) is 4.86. The summed E-state index contributed by atoms with van der Waals surface area (Å²) in [7, 11) is -1.00. The maximum Gasteiger partial charge on any atom is 0.388 e. The molecule has 0 atom stereocenters. The highest BCUT2D eigenvalue weighted by Gasteiger charge is 2.44. The molecule has 0 aromatic rings. The highest BCUT2D eigenvalue weighted by atomic mass is 28.3. The molecule has 0 aliphatic heterocycles. The van der Waals surface area contributed by atoms with Crippen LogP contribution in [0.15, 0.2) is 0 Å². The fourth-order valence-corrected chi connectivity index (χ4v) is 5.36. The summed E-state index contributed by atoms with van der Waals surface area (Å²) in [5.41, 5.74) is 0.785. The average molecular weight is 241 g/mol. The van der Waals surface area contributed by atoms with Crippen LogP contribution < -0.4 is 0 Å². The zero-order valence-corrected chi connectivity index (χ0v) is 11.7. The first-order chi connectivity index (χ1) is 7.86. The van der Waals surface area contributed by atoms with Gasteiger partial charge in [0.25, 0.3) is 0 Å². The van der Waals surface area contributed by atoms with Crippen molar-refractivity contribution in [2.75, 3.05) is 13.2 Å². The van der Waals surface area contributed by atoms with Crippen LogP contribution in [0.5, 0.6) is 0 Å². The van der Waals surface area contributed by atoms with Crippen molar-refractivity contribution in [1.82, 2.24) is 0 Å². The van der Waals surface area contributed by atoms with Gasteiger partial charge < -0.3 is 8.85 Å². The van der Waals surface area contributed by atoms with Crippen molar-refractivity contribution in [1.29, 1.82) is 0 Å². The van der Waals surface area contributed by atoms with Crippen LogP contribution in [0.1, 0.15) is 52.4 Å². The van der Waals surface area contributed by atoms with E-state index in [4.69, 9.17) is 8.85 Å². The molecular weight excluding hydrogens is 216 g/mol.